The van der Waals surface area contributed by atoms with E-state index in [0.29, 0.717) is 24.2 Å². The Morgan fingerprint density at radius 1 is 1.22 bits per heavy atom. The number of anilines is 1. The zero-order valence-electron chi connectivity index (χ0n) is 13.9. The summed E-state index contributed by atoms with van der Waals surface area (Å²) in [5.41, 5.74) is 2.93. The van der Waals surface area contributed by atoms with Crippen LogP contribution >= 0.6 is 15.9 Å². The Labute approximate surface area is 161 Å². The third-order valence-corrected chi connectivity index (χ3v) is 4.71. The Morgan fingerprint density at radius 2 is 2.07 bits per heavy atom. The van der Waals surface area contributed by atoms with Gasteiger partial charge in [0.25, 0.3) is 0 Å². The first-order valence-electron chi connectivity index (χ1n) is 8.22. The number of pyridine rings is 1. The smallest absolute Gasteiger partial charge is 0.493 e. The van der Waals surface area contributed by atoms with E-state index < -0.39 is 6.36 Å². The first kappa shape index (κ1) is 17.9. The quantitative estimate of drug-likeness (QED) is 0.588. The maximum atomic E-state index is 12.6. The molecule has 27 heavy (non-hydrogen) atoms. The molecule has 8 heteroatoms. The average Bonchev–Trinajstić information content (AvgIpc) is 3.07. The summed E-state index contributed by atoms with van der Waals surface area (Å²) >= 11 is 3.50. The molecule has 0 spiro atoms. The molecule has 0 aliphatic carbocycles. The minimum absolute atomic E-state index is 0.149. The molecule has 1 aromatic heterocycles. The third kappa shape index (κ3) is 3.80. The molecule has 0 atom stereocenters. The largest absolute Gasteiger partial charge is 0.573 e. The SMILES string of the molecule is FC(F)(F)Oc1cccc2c(NCc3cc(Br)cc4c3OCC4)ccnc12. The summed E-state index contributed by atoms with van der Waals surface area (Å²) in [7, 11) is 0. The number of halogens is 4. The number of fused-ring (bicyclic) bond motifs is 2. The van der Waals surface area contributed by atoms with Gasteiger partial charge in [0.1, 0.15) is 11.3 Å². The van der Waals surface area contributed by atoms with Crippen LogP contribution in [0.1, 0.15) is 11.1 Å². The molecular weight excluding hydrogens is 425 g/mol. The fraction of sp³-hybridized carbons (Fsp3) is 0.211. The summed E-state index contributed by atoms with van der Waals surface area (Å²) in [4.78, 5) is 4.06. The van der Waals surface area contributed by atoms with Gasteiger partial charge in [0.2, 0.25) is 0 Å². The first-order valence-corrected chi connectivity index (χ1v) is 9.01. The van der Waals surface area contributed by atoms with E-state index >= 15 is 0 Å². The number of nitrogens with zero attached hydrogens (tertiary/aromatic N) is 1. The monoisotopic (exact) mass is 438 g/mol. The Bertz CT molecular complexity index is 1010. The predicted molar refractivity (Wildman–Crippen MR) is 99.1 cm³/mol. The van der Waals surface area contributed by atoms with Crippen LogP contribution in [0.3, 0.4) is 0 Å². The number of nitrogens with one attached hydrogen (secondary N) is 1. The van der Waals surface area contributed by atoms with Gasteiger partial charge in [-0.1, -0.05) is 28.1 Å². The molecule has 0 amide bonds. The lowest BCUT2D eigenvalue weighted by Gasteiger charge is -2.15. The van der Waals surface area contributed by atoms with E-state index in [1.54, 1.807) is 12.1 Å². The summed E-state index contributed by atoms with van der Waals surface area (Å²) in [6.45, 7) is 1.11. The molecule has 2 heterocycles. The first-order chi connectivity index (χ1) is 12.9. The van der Waals surface area contributed by atoms with Crippen LogP contribution in [0.2, 0.25) is 0 Å². The molecule has 0 unspecified atom stereocenters. The fourth-order valence-corrected chi connectivity index (χ4v) is 3.73. The van der Waals surface area contributed by atoms with Gasteiger partial charge in [-0.3, -0.25) is 4.98 Å². The molecule has 1 N–H and O–H groups in total. The van der Waals surface area contributed by atoms with E-state index in [9.17, 15) is 13.2 Å². The van der Waals surface area contributed by atoms with Gasteiger partial charge in [0.05, 0.1) is 6.61 Å². The molecule has 140 valence electrons. The van der Waals surface area contributed by atoms with E-state index in [2.05, 4.69) is 31.0 Å². The van der Waals surface area contributed by atoms with Gasteiger partial charge in [-0.25, -0.2) is 0 Å². The Hall–Kier alpha value is -2.48. The van der Waals surface area contributed by atoms with Crippen molar-refractivity contribution < 1.29 is 22.6 Å². The summed E-state index contributed by atoms with van der Waals surface area (Å²) in [6.07, 6.45) is -2.46. The van der Waals surface area contributed by atoms with Crippen molar-refractivity contribution in [2.24, 2.45) is 0 Å². The lowest BCUT2D eigenvalue weighted by Crippen LogP contribution is -2.17. The summed E-state index contributed by atoms with van der Waals surface area (Å²) in [5.74, 6) is 0.542. The second kappa shape index (κ2) is 6.92. The van der Waals surface area contributed by atoms with E-state index in [1.807, 2.05) is 12.1 Å². The number of hydrogen-bond acceptors (Lipinski definition) is 4. The highest BCUT2D eigenvalue weighted by Gasteiger charge is 2.32. The van der Waals surface area contributed by atoms with Crippen molar-refractivity contribution >= 4 is 32.5 Å². The second-order valence-electron chi connectivity index (χ2n) is 6.06. The molecule has 0 radical (unpaired) electrons. The molecule has 0 saturated heterocycles. The molecule has 2 aromatic carbocycles. The van der Waals surface area contributed by atoms with Gasteiger partial charge in [0.15, 0.2) is 5.75 Å². The lowest BCUT2D eigenvalue weighted by atomic mass is 10.1. The van der Waals surface area contributed by atoms with Gasteiger partial charge in [-0.05, 0) is 29.8 Å². The highest BCUT2D eigenvalue weighted by atomic mass is 79.9. The second-order valence-corrected chi connectivity index (χ2v) is 6.98. The van der Waals surface area contributed by atoms with Gasteiger partial charge >= 0.3 is 6.36 Å². The average molecular weight is 439 g/mol. The normalized spacial score (nSPS) is 13.3. The summed E-state index contributed by atoms with van der Waals surface area (Å²) in [5, 5.41) is 3.82. The van der Waals surface area contributed by atoms with Crippen molar-refractivity contribution in [3.63, 3.8) is 0 Å². The van der Waals surface area contributed by atoms with Crippen LogP contribution in [-0.2, 0) is 13.0 Å². The molecule has 1 aliphatic heterocycles. The highest BCUT2D eigenvalue weighted by molar-refractivity contribution is 9.10. The Morgan fingerprint density at radius 3 is 2.89 bits per heavy atom. The van der Waals surface area contributed by atoms with Crippen molar-refractivity contribution in [1.29, 1.82) is 0 Å². The fourth-order valence-electron chi connectivity index (χ4n) is 3.18. The predicted octanol–water partition coefficient (Wildman–Crippen LogP) is 5.44. The van der Waals surface area contributed by atoms with Gasteiger partial charge in [0, 0.05) is 40.3 Å². The van der Waals surface area contributed by atoms with Crippen LogP contribution in [0.5, 0.6) is 11.5 Å². The van der Waals surface area contributed by atoms with Gasteiger partial charge in [-0.2, -0.15) is 0 Å². The molecule has 3 aromatic rings. The van der Waals surface area contributed by atoms with Crippen molar-refractivity contribution in [3.8, 4) is 11.5 Å². The zero-order chi connectivity index (χ0) is 19.0. The van der Waals surface area contributed by atoms with Crippen LogP contribution in [-0.4, -0.2) is 18.0 Å². The Balaban J connectivity index is 1.65. The van der Waals surface area contributed by atoms with E-state index in [1.165, 1.54) is 18.3 Å². The van der Waals surface area contributed by atoms with E-state index in [0.717, 1.165) is 27.8 Å². The molecule has 0 fully saturated rings. The van der Waals surface area contributed by atoms with Crippen LogP contribution < -0.4 is 14.8 Å². The number of rotatable bonds is 4. The maximum Gasteiger partial charge on any atom is 0.573 e. The van der Waals surface area contributed by atoms with Crippen LogP contribution in [0.15, 0.2) is 47.1 Å². The van der Waals surface area contributed by atoms with Crippen LogP contribution in [0.25, 0.3) is 10.9 Å². The van der Waals surface area contributed by atoms with Crippen molar-refractivity contribution in [2.75, 3.05) is 11.9 Å². The van der Waals surface area contributed by atoms with Gasteiger partial charge in [-0.15, -0.1) is 13.2 Å². The number of benzene rings is 2. The summed E-state index contributed by atoms with van der Waals surface area (Å²) < 4.78 is 48.6. The number of para-hydroxylation sites is 1. The van der Waals surface area contributed by atoms with E-state index in [-0.39, 0.29) is 11.3 Å². The minimum Gasteiger partial charge on any atom is -0.493 e. The van der Waals surface area contributed by atoms with Gasteiger partial charge < -0.3 is 14.8 Å². The molecule has 0 bridgehead atoms. The molecule has 4 nitrogen and oxygen atoms in total. The molecule has 4 rings (SSSR count). The van der Waals surface area contributed by atoms with Crippen LogP contribution in [0.4, 0.5) is 18.9 Å². The number of aromatic nitrogens is 1. The molecule has 1 aliphatic rings. The topological polar surface area (TPSA) is 43.4 Å². The van der Waals surface area contributed by atoms with Crippen molar-refractivity contribution in [3.05, 3.63) is 58.2 Å². The van der Waals surface area contributed by atoms with E-state index in [4.69, 9.17) is 4.74 Å². The number of hydrogen-bond donors (Lipinski definition) is 1. The summed E-state index contributed by atoms with van der Waals surface area (Å²) in [6, 6.07) is 10.2. The zero-order valence-corrected chi connectivity index (χ0v) is 15.5. The molecular formula is C19H14BrF3N2O2. The third-order valence-electron chi connectivity index (χ3n) is 4.25. The standard InChI is InChI=1S/C19H14BrF3N2O2/c20-13-8-11-5-7-26-18(11)12(9-13)10-25-15-4-6-24-17-14(15)2-1-3-16(17)27-19(21,22)23/h1-4,6,8-9H,5,7,10H2,(H,24,25). The molecule has 0 saturated carbocycles. The maximum absolute atomic E-state index is 12.6. The van der Waals surface area contributed by atoms with Crippen molar-refractivity contribution in [2.45, 2.75) is 19.3 Å². The van der Waals surface area contributed by atoms with Crippen LogP contribution in [0, 0.1) is 0 Å². The highest BCUT2D eigenvalue weighted by Crippen LogP contribution is 2.35. The minimum atomic E-state index is -4.77. The lowest BCUT2D eigenvalue weighted by molar-refractivity contribution is -0.274. The number of alkyl halides is 3. The van der Waals surface area contributed by atoms with Crippen molar-refractivity contribution in [1.82, 2.24) is 4.98 Å². The number of ether oxygens (including phenoxy) is 2. The Kier molecular flexibility index (Phi) is 4.59.